The molecule has 402 valence electrons. The highest BCUT2D eigenvalue weighted by Gasteiger charge is 2.12. The van der Waals surface area contributed by atoms with E-state index < -0.39 is 0 Å². The number of allylic oxidation sites excluding steroid dienone is 3. The van der Waals surface area contributed by atoms with Crippen LogP contribution in [0.15, 0.2) is 36.1 Å². The number of nitrogens with zero attached hydrogens (tertiary/aromatic N) is 1. The number of ether oxygens (including phenoxy) is 2. The molecule has 0 radical (unpaired) electrons. The monoisotopic (exact) mass is 950 g/mol. The summed E-state index contributed by atoms with van der Waals surface area (Å²) >= 11 is 0. The van der Waals surface area contributed by atoms with Crippen LogP contribution in [0, 0.1) is 0 Å². The molecule has 1 amide bonds. The third kappa shape index (κ3) is 66.0. The number of rotatable bonds is 43. The maximum atomic E-state index is 12.0. The maximum absolute atomic E-state index is 12.0. The van der Waals surface area contributed by atoms with Crippen LogP contribution in [0.25, 0.3) is 0 Å². The second kappa shape index (κ2) is 66.0. The van der Waals surface area contributed by atoms with Gasteiger partial charge in [0.15, 0.2) is 0 Å². The fraction of sp³-hybridized carbons (Fsp3) is 0.867. The Balaban J connectivity index is -0.000000640. The van der Waals surface area contributed by atoms with Crippen LogP contribution in [-0.2, 0) is 19.1 Å². The van der Waals surface area contributed by atoms with Crippen LogP contribution >= 0.6 is 0 Å². The van der Waals surface area contributed by atoms with Gasteiger partial charge in [0, 0.05) is 25.5 Å². The van der Waals surface area contributed by atoms with E-state index in [9.17, 15) is 9.59 Å². The van der Waals surface area contributed by atoms with Crippen molar-refractivity contribution in [2.45, 2.75) is 294 Å². The van der Waals surface area contributed by atoms with Gasteiger partial charge in [0.05, 0.1) is 18.5 Å². The van der Waals surface area contributed by atoms with Crippen molar-refractivity contribution in [3.8, 4) is 0 Å². The molecule has 0 aromatic rings. The first-order chi connectivity index (χ1) is 32.5. The molecular weight excluding hydrogens is 827 g/mol. The van der Waals surface area contributed by atoms with Crippen molar-refractivity contribution in [3.63, 3.8) is 0 Å². The molecule has 0 aliphatic rings. The van der Waals surface area contributed by atoms with Crippen LogP contribution in [0.3, 0.4) is 0 Å². The van der Waals surface area contributed by atoms with Gasteiger partial charge in [-0.25, -0.2) is 0 Å². The summed E-state index contributed by atoms with van der Waals surface area (Å²) in [6.07, 6.45) is 44.9. The zero-order valence-corrected chi connectivity index (χ0v) is 48.0. The number of hydrogen-bond acceptors (Lipinski definition) is 6. The van der Waals surface area contributed by atoms with Crippen molar-refractivity contribution in [1.29, 1.82) is 0 Å². The predicted molar refractivity (Wildman–Crippen MR) is 301 cm³/mol. The van der Waals surface area contributed by atoms with Gasteiger partial charge < -0.3 is 25.0 Å². The lowest BCUT2D eigenvalue weighted by atomic mass is 10.0. The molecule has 0 unspecified atom stereocenters. The minimum absolute atomic E-state index is 0.00816. The number of amides is 1. The molecule has 0 rings (SSSR count). The number of esters is 1. The van der Waals surface area contributed by atoms with E-state index in [4.69, 9.17) is 9.47 Å². The molecule has 0 aromatic carbocycles. The van der Waals surface area contributed by atoms with E-state index in [1.54, 1.807) is 13.1 Å². The molecule has 0 saturated heterocycles. The molecule has 0 aliphatic heterocycles. The molecule has 0 saturated carbocycles. The lowest BCUT2D eigenvalue weighted by Gasteiger charge is -2.22. The average molecular weight is 951 g/mol. The fourth-order valence-electron chi connectivity index (χ4n) is 7.46. The Morgan fingerprint density at radius 3 is 1.27 bits per heavy atom. The van der Waals surface area contributed by atoms with Gasteiger partial charge in [0.1, 0.15) is 0 Å². The van der Waals surface area contributed by atoms with Crippen LogP contribution in [0.1, 0.15) is 288 Å². The van der Waals surface area contributed by atoms with Crippen LogP contribution in [0.4, 0.5) is 0 Å². The zero-order valence-electron chi connectivity index (χ0n) is 48.0. The van der Waals surface area contributed by atoms with Gasteiger partial charge in [0.25, 0.3) is 0 Å². The Labute approximate surface area is 422 Å². The van der Waals surface area contributed by atoms with E-state index in [0.29, 0.717) is 19.1 Å². The lowest BCUT2D eigenvalue weighted by Crippen LogP contribution is -2.27. The second-order valence-corrected chi connectivity index (χ2v) is 18.7. The van der Waals surface area contributed by atoms with E-state index in [2.05, 4.69) is 56.4 Å². The normalized spacial score (nSPS) is 10.3. The van der Waals surface area contributed by atoms with Crippen molar-refractivity contribution in [3.05, 3.63) is 36.1 Å². The van der Waals surface area contributed by atoms with Crippen molar-refractivity contribution in [2.75, 3.05) is 47.4 Å². The smallest absolute Gasteiger partial charge is 0.305 e. The highest BCUT2D eigenvalue weighted by Crippen LogP contribution is 2.21. The summed E-state index contributed by atoms with van der Waals surface area (Å²) in [5, 5.41) is 5.30. The third-order valence-corrected chi connectivity index (χ3v) is 11.8. The van der Waals surface area contributed by atoms with Crippen LogP contribution in [-0.4, -0.2) is 70.3 Å². The Bertz CT molecular complexity index is 1010. The molecule has 7 nitrogen and oxygen atoms in total. The largest absolute Gasteiger partial charge is 0.495 e. The molecular formula is C60H123N3O4. The van der Waals surface area contributed by atoms with Gasteiger partial charge in [-0.15, -0.1) is 6.58 Å². The SMILES string of the molecule is C=C(CCCCCCCN(CCCC)CCCCCCCC(=O)OCCCCCCCC)OC(CCCCCCCC)CCCCCCCC.C=CC.CC.CNC.CNC(=O)C(C)=C(C)C. The van der Waals surface area contributed by atoms with E-state index in [1.165, 1.54) is 206 Å². The van der Waals surface area contributed by atoms with E-state index in [-0.39, 0.29) is 11.9 Å². The lowest BCUT2D eigenvalue weighted by molar-refractivity contribution is -0.143. The minimum Gasteiger partial charge on any atom is -0.495 e. The molecule has 0 fully saturated rings. The van der Waals surface area contributed by atoms with Gasteiger partial charge in [-0.3, -0.25) is 9.59 Å². The molecule has 0 bridgehead atoms. The van der Waals surface area contributed by atoms with Crippen molar-refractivity contribution in [1.82, 2.24) is 15.5 Å². The maximum Gasteiger partial charge on any atom is 0.305 e. The van der Waals surface area contributed by atoms with Gasteiger partial charge in [-0.2, -0.15) is 0 Å². The first-order valence-electron chi connectivity index (χ1n) is 28.7. The Morgan fingerprint density at radius 2 is 0.881 bits per heavy atom. The number of unbranched alkanes of at least 4 members (excludes halogenated alkanes) is 24. The molecule has 2 N–H and O–H groups in total. The average Bonchev–Trinajstić information content (AvgIpc) is 3.32. The van der Waals surface area contributed by atoms with Crippen molar-refractivity contribution in [2.24, 2.45) is 0 Å². The highest BCUT2D eigenvalue weighted by atomic mass is 16.5. The van der Waals surface area contributed by atoms with E-state index in [0.717, 1.165) is 42.6 Å². The summed E-state index contributed by atoms with van der Waals surface area (Å²) in [5.41, 5.74) is 1.87. The van der Waals surface area contributed by atoms with Crippen LogP contribution in [0.5, 0.6) is 0 Å². The summed E-state index contributed by atoms with van der Waals surface area (Å²) in [6.45, 7) is 32.7. The van der Waals surface area contributed by atoms with Gasteiger partial charge in [-0.1, -0.05) is 201 Å². The molecule has 7 heteroatoms. The number of likely N-dealkylation sites (N-methyl/N-ethyl adjacent to an activating group) is 1. The minimum atomic E-state index is 0.00816. The molecule has 0 spiro atoms. The Hall–Kier alpha value is -2.12. The molecule has 67 heavy (non-hydrogen) atoms. The molecule has 0 atom stereocenters. The second-order valence-electron chi connectivity index (χ2n) is 18.7. The summed E-state index contributed by atoms with van der Waals surface area (Å²) in [4.78, 5) is 25.5. The summed E-state index contributed by atoms with van der Waals surface area (Å²) in [5.74, 6) is 1.06. The van der Waals surface area contributed by atoms with Gasteiger partial charge in [0.2, 0.25) is 5.91 Å². The quantitative estimate of drug-likeness (QED) is 0.0208. The van der Waals surface area contributed by atoms with Crippen LogP contribution < -0.4 is 10.6 Å². The number of carbonyl (C=O) groups excluding carboxylic acids is 2. The van der Waals surface area contributed by atoms with E-state index >= 15 is 0 Å². The first-order valence-corrected chi connectivity index (χ1v) is 28.7. The Kier molecular flexibility index (Phi) is 72.7. The summed E-state index contributed by atoms with van der Waals surface area (Å²) in [7, 11) is 5.38. The third-order valence-electron chi connectivity index (χ3n) is 11.8. The summed E-state index contributed by atoms with van der Waals surface area (Å²) < 4.78 is 11.9. The standard InChI is InChI=1S/C46H91NO3.C7H13NO.C3H6.C2H7N.C2H6/c1-6-10-14-17-23-30-37-45(38-31-24-18-15-11-7-2)50-44(5)36-29-22-20-26-33-41-47(40-13-9-4)42-34-27-21-25-32-39-46(48)49-43-35-28-19-16-12-8-3;1-5(2)6(3)7(9)8-4;2*1-3-2;1-2/h45H,5-43H2,1-4H3;1-4H3,(H,8,9);3H,1H2,2H3;3H,1-2H3;1-2H3. The number of nitrogens with one attached hydrogen (secondary N) is 2. The topological polar surface area (TPSA) is 79.9 Å². The first kappa shape index (κ1) is 73.8. The summed E-state index contributed by atoms with van der Waals surface area (Å²) in [6, 6.07) is 0. The molecule has 0 aliphatic carbocycles. The Morgan fingerprint density at radius 1 is 0.537 bits per heavy atom. The van der Waals surface area contributed by atoms with Gasteiger partial charge >= 0.3 is 5.97 Å². The molecule has 0 aromatic heterocycles. The van der Waals surface area contributed by atoms with Gasteiger partial charge in [-0.05, 0) is 126 Å². The van der Waals surface area contributed by atoms with E-state index in [1.807, 2.05) is 55.6 Å². The highest BCUT2D eigenvalue weighted by molar-refractivity contribution is 5.93. The van der Waals surface area contributed by atoms with Crippen LogP contribution in [0.2, 0.25) is 0 Å². The van der Waals surface area contributed by atoms with Crippen molar-refractivity contribution < 1.29 is 19.1 Å². The number of carbonyl (C=O) groups is 2. The zero-order chi connectivity index (χ0) is 51.4. The molecule has 0 heterocycles. The van der Waals surface area contributed by atoms with Crippen molar-refractivity contribution >= 4 is 11.9 Å². The fourth-order valence-corrected chi connectivity index (χ4v) is 7.46. The number of hydrogen-bond donors (Lipinski definition) is 2. The predicted octanol–water partition coefficient (Wildman–Crippen LogP) is 18.2.